The number of fused-ring (bicyclic) bond motifs is 18. The standard InChI is InChI=1S/2C15H11F2N.C15H13F2N.C15H11F2N.C15H14FN.C15H12FN/c2*1-8-5-11-4-3-10-6-9(2)18-7-12(10)13(11)15(17)14(8)16;2*1-8-5-10-3-4-11-6-9(2)18-15(17)14(11)12(10)7-13(8)16;2*1-9-5-11-3-4-12-6-10(2)17-8-14(12)13(11)7-15(9)16/h2*3-7H,1-2H3;5-7H,3-4H2,1-2H3;3-7H,1-2H3;5-8H,3-4H2,1-2H3;3-8H,1-2H3. The lowest BCUT2D eigenvalue weighted by atomic mass is 9.85. The lowest BCUT2D eigenvalue weighted by Gasteiger charge is -2.21. The van der Waals surface area contributed by atoms with E-state index in [1.54, 1.807) is 97.3 Å². The van der Waals surface area contributed by atoms with Gasteiger partial charge in [0.2, 0.25) is 11.9 Å². The molecular weight excluding hydrogens is 1360 g/mol. The van der Waals surface area contributed by atoms with Gasteiger partial charge in [-0.25, -0.2) is 45.1 Å². The average molecular weight is 1430 g/mol. The highest BCUT2D eigenvalue weighted by Crippen LogP contribution is 2.39. The van der Waals surface area contributed by atoms with Crippen molar-refractivity contribution in [2.24, 2.45) is 0 Å². The number of hydrogen-bond acceptors (Lipinski definition) is 6. The topological polar surface area (TPSA) is 77.3 Å². The van der Waals surface area contributed by atoms with Crippen LogP contribution >= 0.6 is 0 Å². The van der Waals surface area contributed by atoms with E-state index in [0.717, 1.165) is 119 Å². The van der Waals surface area contributed by atoms with Crippen molar-refractivity contribution in [3.05, 3.63) is 319 Å². The van der Waals surface area contributed by atoms with Gasteiger partial charge in [-0.2, -0.15) is 8.78 Å². The number of aryl methyl sites for hydroxylation is 16. The molecular formula is C90H72F10N6. The minimum absolute atomic E-state index is 0.128. The summed E-state index contributed by atoms with van der Waals surface area (Å²) in [7, 11) is 0. The molecule has 6 aromatic heterocycles. The average Bonchev–Trinajstić information content (AvgIpc) is 0.789. The van der Waals surface area contributed by atoms with Crippen LogP contribution in [0.15, 0.2) is 170 Å². The van der Waals surface area contributed by atoms with Crippen LogP contribution in [0.3, 0.4) is 0 Å². The Hall–Kier alpha value is -11.5. The third-order valence-electron chi connectivity index (χ3n) is 19.7. The van der Waals surface area contributed by atoms with Crippen LogP contribution in [0.25, 0.3) is 108 Å². The number of benzene rings is 10. The van der Waals surface area contributed by atoms with Gasteiger partial charge in [0, 0.05) is 102 Å². The number of rotatable bonds is 0. The van der Waals surface area contributed by atoms with E-state index < -0.39 is 35.2 Å². The zero-order chi connectivity index (χ0) is 75.4. The molecule has 18 rings (SSSR count). The lowest BCUT2D eigenvalue weighted by Crippen LogP contribution is -2.09. The highest BCUT2D eigenvalue weighted by atomic mass is 19.2. The molecule has 16 aromatic rings. The molecule has 0 saturated heterocycles. The SMILES string of the molecule is Cc1cc2c(c(F)n1)-c1cc(F)c(C)cc1CC2.Cc1cc2c(cn1)-c1cc(F)c(C)cc1CC2.Cc1cc2ccc3cc(C)c(F)c(F)c3c2cn1.Cc1cc2ccc3cc(C)c(F)c(F)c3c2cn1.Cc1cc2ccc3cc(C)c(F)cc3c2c(F)n1.Cc1cc2ccc3cc(C)c(F)cc3c2cn1. The van der Waals surface area contributed by atoms with Gasteiger partial charge in [-0.15, -0.1) is 0 Å². The van der Waals surface area contributed by atoms with Crippen molar-refractivity contribution < 1.29 is 43.9 Å². The number of pyridine rings is 6. The summed E-state index contributed by atoms with van der Waals surface area (Å²) in [5.74, 6) is -5.08. The van der Waals surface area contributed by atoms with Crippen LogP contribution in [0.4, 0.5) is 43.9 Å². The Labute approximate surface area is 606 Å². The fourth-order valence-corrected chi connectivity index (χ4v) is 14.2. The molecule has 0 fully saturated rings. The first-order valence-corrected chi connectivity index (χ1v) is 34.7. The minimum Gasteiger partial charge on any atom is -0.261 e. The first kappa shape index (κ1) is 72.8. The first-order valence-electron chi connectivity index (χ1n) is 34.7. The maximum atomic E-state index is 14.1. The normalized spacial score (nSPS) is 11.9. The van der Waals surface area contributed by atoms with E-state index >= 15 is 0 Å². The zero-order valence-electron chi connectivity index (χ0n) is 60.5. The Morgan fingerprint density at radius 2 is 0.566 bits per heavy atom. The summed E-state index contributed by atoms with van der Waals surface area (Å²) >= 11 is 0. The second-order valence-electron chi connectivity index (χ2n) is 27.6. The molecule has 0 aliphatic heterocycles. The fourth-order valence-electron chi connectivity index (χ4n) is 14.2. The van der Waals surface area contributed by atoms with Gasteiger partial charge in [-0.1, -0.05) is 60.7 Å². The van der Waals surface area contributed by atoms with Crippen molar-refractivity contribution in [2.45, 2.75) is 109 Å². The third kappa shape index (κ3) is 14.6. The van der Waals surface area contributed by atoms with E-state index in [0.29, 0.717) is 93.4 Å². The Kier molecular flexibility index (Phi) is 20.3. The van der Waals surface area contributed by atoms with Gasteiger partial charge < -0.3 is 0 Å². The van der Waals surface area contributed by atoms with E-state index in [-0.39, 0.29) is 23.3 Å². The summed E-state index contributed by atoms with van der Waals surface area (Å²) in [5.41, 5.74) is 15.9. The van der Waals surface area contributed by atoms with Gasteiger partial charge >= 0.3 is 0 Å². The molecule has 6 nitrogen and oxygen atoms in total. The maximum absolute atomic E-state index is 14.1. The Morgan fingerprint density at radius 1 is 0.236 bits per heavy atom. The lowest BCUT2D eigenvalue weighted by molar-refractivity contribution is 0.512. The summed E-state index contributed by atoms with van der Waals surface area (Å²) in [5, 5.41) is 11.7. The molecule has 0 spiro atoms. The predicted octanol–water partition coefficient (Wildman–Crippen LogP) is 24.3. The van der Waals surface area contributed by atoms with E-state index in [1.807, 2.05) is 132 Å². The molecule has 2 aliphatic carbocycles. The van der Waals surface area contributed by atoms with Crippen molar-refractivity contribution in [3.8, 4) is 22.3 Å². The number of hydrogen-bond donors (Lipinski definition) is 0. The van der Waals surface area contributed by atoms with Crippen molar-refractivity contribution in [2.75, 3.05) is 0 Å². The fraction of sp³-hybridized carbons (Fsp3) is 0.178. The zero-order valence-corrected chi connectivity index (χ0v) is 60.5. The Bertz CT molecular complexity index is 6140. The summed E-state index contributed by atoms with van der Waals surface area (Å²) in [6.07, 6.45) is 10.5. The molecule has 0 radical (unpaired) electrons. The van der Waals surface area contributed by atoms with Crippen LogP contribution in [0.1, 0.15) is 89.8 Å². The molecule has 532 valence electrons. The van der Waals surface area contributed by atoms with E-state index in [4.69, 9.17) is 0 Å². The van der Waals surface area contributed by atoms with E-state index in [2.05, 4.69) is 42.0 Å². The van der Waals surface area contributed by atoms with E-state index in [9.17, 15) is 43.9 Å². The second kappa shape index (κ2) is 29.6. The van der Waals surface area contributed by atoms with Crippen LogP contribution < -0.4 is 0 Å². The van der Waals surface area contributed by atoms with Crippen LogP contribution in [0, 0.1) is 142 Å². The molecule has 16 heteroatoms. The van der Waals surface area contributed by atoms with Crippen LogP contribution in [0.5, 0.6) is 0 Å². The Morgan fingerprint density at radius 3 is 1.08 bits per heavy atom. The van der Waals surface area contributed by atoms with Gasteiger partial charge in [0.25, 0.3) is 0 Å². The smallest absolute Gasteiger partial charge is 0.221 e. The molecule has 10 aromatic carbocycles. The summed E-state index contributed by atoms with van der Waals surface area (Å²) < 4.78 is 138. The summed E-state index contributed by atoms with van der Waals surface area (Å²) in [6, 6.07) is 43.6. The van der Waals surface area contributed by atoms with Crippen LogP contribution in [0.2, 0.25) is 0 Å². The maximum Gasteiger partial charge on any atom is 0.221 e. The predicted molar refractivity (Wildman–Crippen MR) is 408 cm³/mol. The van der Waals surface area contributed by atoms with Gasteiger partial charge in [0.1, 0.15) is 23.3 Å². The summed E-state index contributed by atoms with van der Waals surface area (Å²) in [4.78, 5) is 24.6. The molecule has 6 heterocycles. The van der Waals surface area contributed by atoms with Gasteiger partial charge in [0.05, 0.1) is 0 Å². The molecule has 0 saturated carbocycles. The number of aromatic nitrogens is 6. The second-order valence-corrected chi connectivity index (χ2v) is 27.6. The van der Waals surface area contributed by atoms with Gasteiger partial charge in [-0.3, -0.25) is 19.9 Å². The quantitative estimate of drug-likeness (QED) is 0.0855. The van der Waals surface area contributed by atoms with Crippen molar-refractivity contribution in [1.82, 2.24) is 29.9 Å². The molecule has 0 unspecified atom stereocenters. The van der Waals surface area contributed by atoms with Crippen molar-refractivity contribution >= 4 is 86.2 Å². The largest absolute Gasteiger partial charge is 0.261 e. The number of halogens is 10. The van der Waals surface area contributed by atoms with Crippen molar-refractivity contribution in [3.63, 3.8) is 0 Å². The van der Waals surface area contributed by atoms with Crippen LogP contribution in [-0.4, -0.2) is 29.9 Å². The molecule has 106 heavy (non-hydrogen) atoms. The molecule has 2 aliphatic rings. The highest BCUT2D eigenvalue weighted by molar-refractivity contribution is 6.10. The monoisotopic (exact) mass is 1430 g/mol. The van der Waals surface area contributed by atoms with Gasteiger partial charge in [-0.05, 0) is 314 Å². The molecule has 0 amide bonds. The van der Waals surface area contributed by atoms with E-state index in [1.165, 1.54) is 23.3 Å². The Balaban J connectivity index is 0.000000113. The summed E-state index contributed by atoms with van der Waals surface area (Å²) in [6.45, 7) is 21.4. The van der Waals surface area contributed by atoms with Gasteiger partial charge in [0.15, 0.2) is 23.3 Å². The first-order chi connectivity index (χ1) is 50.6. The molecule has 0 bridgehead atoms. The molecule has 0 atom stereocenters. The number of nitrogens with zero attached hydrogens (tertiary/aromatic N) is 6. The minimum atomic E-state index is -0.791. The van der Waals surface area contributed by atoms with Crippen molar-refractivity contribution in [1.29, 1.82) is 0 Å². The highest BCUT2D eigenvalue weighted by Gasteiger charge is 2.24. The van der Waals surface area contributed by atoms with Crippen LogP contribution in [-0.2, 0) is 25.7 Å². The molecule has 0 N–H and O–H groups in total. The third-order valence-corrected chi connectivity index (χ3v) is 19.7.